The van der Waals surface area contributed by atoms with E-state index in [4.69, 9.17) is 7.80 Å². The monoisotopic (exact) mass is 278 g/mol. The van der Waals surface area contributed by atoms with Crippen molar-refractivity contribution in [3.63, 3.8) is 0 Å². The predicted molar refractivity (Wildman–Crippen MR) is 57.0 cm³/mol. The van der Waals surface area contributed by atoms with Gasteiger partial charge in [0.15, 0.2) is 34.5 Å². The fraction of sp³-hybridized carbons (Fsp3) is 0.333. The Kier molecular flexibility index (Phi) is 3.65. The third kappa shape index (κ3) is 2.03. The summed E-state index contributed by atoms with van der Waals surface area (Å²) >= 11 is 1.85. The topological polar surface area (TPSA) is 18.5 Å². The molecule has 0 atom stereocenters. The zero-order chi connectivity index (χ0) is 8.97. The van der Waals surface area contributed by atoms with Crippen LogP contribution < -0.4 is 7.80 Å². The van der Waals surface area contributed by atoms with Gasteiger partial charge in [0, 0.05) is 0 Å². The molecule has 3 heteroatoms. The highest BCUT2D eigenvalue weighted by atomic mass is 127. The number of hydrogen-bond acceptors (Lipinski definition) is 2. The Labute approximate surface area is 86.6 Å². The van der Waals surface area contributed by atoms with Gasteiger partial charge in [-0.15, -0.1) is 0 Å². The minimum absolute atomic E-state index is 0.773. The number of benzene rings is 1. The molecule has 0 bridgehead atoms. The Balaban J connectivity index is 3.02. The van der Waals surface area contributed by atoms with Crippen molar-refractivity contribution in [2.24, 2.45) is 0 Å². The molecule has 0 unspecified atom stereocenters. The predicted octanol–water partition coefficient (Wildman–Crippen LogP) is 2.99. The average molecular weight is 278 g/mol. The largest absolute Gasteiger partial charge is 0.493 e. The fourth-order valence-corrected chi connectivity index (χ4v) is 1.36. The van der Waals surface area contributed by atoms with Crippen molar-refractivity contribution in [3.8, 4) is 11.5 Å². The van der Waals surface area contributed by atoms with Gasteiger partial charge < -0.3 is 7.80 Å². The minimum atomic E-state index is 0.773. The van der Waals surface area contributed by atoms with Gasteiger partial charge in [0.2, 0.25) is 0 Å². The maximum absolute atomic E-state index is 5.15. The number of methoxy groups -OCH3 is 1. The molecule has 0 aliphatic rings. The molecule has 0 fully saturated rings. The molecule has 66 valence electrons. The van der Waals surface area contributed by atoms with E-state index in [1.165, 1.54) is 5.56 Å². The molecule has 0 amide bonds. The number of hydrogen-bond donors (Lipinski definition) is 0. The molecule has 0 saturated carbocycles. The van der Waals surface area contributed by atoms with Crippen molar-refractivity contribution < 1.29 is 7.80 Å². The van der Waals surface area contributed by atoms with Crippen molar-refractivity contribution in [1.29, 1.82) is 0 Å². The third-order valence-corrected chi connectivity index (χ3v) is 2.19. The Hall–Kier alpha value is -0.450. The number of halogens is 1. The van der Waals surface area contributed by atoms with Gasteiger partial charge in [-0.1, -0.05) is 13.0 Å². The molecule has 0 heterocycles. The maximum Gasteiger partial charge on any atom is 0.192 e. The highest BCUT2D eigenvalue weighted by Crippen LogP contribution is 2.29. The molecule has 0 aliphatic carbocycles. The van der Waals surface area contributed by atoms with Crippen molar-refractivity contribution in [3.05, 3.63) is 23.8 Å². The van der Waals surface area contributed by atoms with Gasteiger partial charge in [-0.3, -0.25) is 0 Å². The summed E-state index contributed by atoms with van der Waals surface area (Å²) in [5.74, 6) is 1.57. The van der Waals surface area contributed by atoms with Crippen molar-refractivity contribution in [2.45, 2.75) is 13.3 Å². The van der Waals surface area contributed by atoms with Crippen molar-refractivity contribution in [1.82, 2.24) is 0 Å². The van der Waals surface area contributed by atoms with Gasteiger partial charge in [0.25, 0.3) is 0 Å². The highest BCUT2D eigenvalue weighted by molar-refractivity contribution is 14.1. The number of ether oxygens (including phenoxy) is 1. The molecule has 1 aromatic carbocycles. The van der Waals surface area contributed by atoms with Gasteiger partial charge >= 0.3 is 0 Å². The van der Waals surface area contributed by atoms with E-state index >= 15 is 0 Å². The smallest absolute Gasteiger partial charge is 0.192 e. The first-order valence-corrected chi connectivity index (χ1v) is 4.65. The van der Waals surface area contributed by atoms with E-state index in [0.29, 0.717) is 0 Å². The first-order valence-electron chi connectivity index (χ1n) is 3.77. The van der Waals surface area contributed by atoms with Crippen LogP contribution in [0.2, 0.25) is 0 Å². The van der Waals surface area contributed by atoms with Crippen LogP contribution in [-0.4, -0.2) is 7.11 Å². The summed E-state index contributed by atoms with van der Waals surface area (Å²) in [6.45, 7) is 2.11. The Bertz CT molecular complexity index is 261. The van der Waals surface area contributed by atoms with E-state index in [1.54, 1.807) is 7.11 Å². The van der Waals surface area contributed by atoms with Gasteiger partial charge in [-0.25, -0.2) is 0 Å². The van der Waals surface area contributed by atoms with Crippen LogP contribution in [0.3, 0.4) is 0 Å². The quantitative estimate of drug-likeness (QED) is 0.791. The lowest BCUT2D eigenvalue weighted by Crippen LogP contribution is -1.88. The molecular weight excluding hydrogens is 267 g/mol. The van der Waals surface area contributed by atoms with E-state index in [0.717, 1.165) is 17.9 Å². The highest BCUT2D eigenvalue weighted by Gasteiger charge is 2.03. The van der Waals surface area contributed by atoms with Gasteiger partial charge in [-0.05, 0) is 24.1 Å². The lowest BCUT2D eigenvalue weighted by Gasteiger charge is -2.06. The lowest BCUT2D eigenvalue weighted by atomic mass is 10.1. The van der Waals surface area contributed by atoms with Crippen LogP contribution in [0.25, 0.3) is 0 Å². The van der Waals surface area contributed by atoms with E-state index < -0.39 is 0 Å². The Morgan fingerprint density at radius 2 is 2.08 bits per heavy atom. The average Bonchev–Trinajstić information content (AvgIpc) is 2.16. The SMILES string of the molecule is CCc1ccc(OI)c(OC)c1. The molecule has 0 saturated heterocycles. The zero-order valence-electron chi connectivity index (χ0n) is 7.13. The molecule has 1 rings (SSSR count). The standard InChI is InChI=1S/C9H11IO2/c1-3-7-4-5-8(12-10)9(6-7)11-2/h4-6H,3H2,1-2H3. The minimum Gasteiger partial charge on any atom is -0.493 e. The van der Waals surface area contributed by atoms with E-state index in [-0.39, 0.29) is 0 Å². The summed E-state index contributed by atoms with van der Waals surface area (Å²) in [6, 6.07) is 5.95. The molecular formula is C9H11IO2. The summed E-state index contributed by atoms with van der Waals surface area (Å²) in [5, 5.41) is 0. The summed E-state index contributed by atoms with van der Waals surface area (Å²) < 4.78 is 10.2. The van der Waals surface area contributed by atoms with Gasteiger partial charge in [-0.2, -0.15) is 0 Å². The molecule has 0 radical (unpaired) electrons. The van der Waals surface area contributed by atoms with Crippen molar-refractivity contribution >= 4 is 23.0 Å². The Morgan fingerprint density at radius 3 is 2.58 bits per heavy atom. The summed E-state index contributed by atoms with van der Waals surface area (Å²) in [6.07, 6.45) is 1.01. The van der Waals surface area contributed by atoms with Gasteiger partial charge in [0.1, 0.15) is 0 Å². The van der Waals surface area contributed by atoms with Crippen LogP contribution in [-0.2, 0) is 6.42 Å². The first-order chi connectivity index (χ1) is 5.81. The fourth-order valence-electron chi connectivity index (χ4n) is 0.996. The number of rotatable bonds is 3. The molecule has 0 spiro atoms. The van der Waals surface area contributed by atoms with Crippen LogP contribution in [0.5, 0.6) is 11.5 Å². The van der Waals surface area contributed by atoms with E-state index in [2.05, 4.69) is 6.92 Å². The molecule has 0 N–H and O–H groups in total. The molecule has 0 aromatic heterocycles. The normalized spacial score (nSPS) is 9.58. The summed E-state index contributed by atoms with van der Waals surface area (Å²) in [4.78, 5) is 0. The van der Waals surface area contributed by atoms with Crippen LogP contribution in [0.15, 0.2) is 18.2 Å². The zero-order valence-corrected chi connectivity index (χ0v) is 9.29. The second kappa shape index (κ2) is 4.54. The van der Waals surface area contributed by atoms with Crippen LogP contribution >= 0.6 is 23.0 Å². The Morgan fingerprint density at radius 1 is 1.33 bits per heavy atom. The van der Waals surface area contributed by atoms with Gasteiger partial charge in [0.05, 0.1) is 7.11 Å². The second-order valence-electron chi connectivity index (χ2n) is 2.42. The summed E-state index contributed by atoms with van der Waals surface area (Å²) in [5.41, 5.74) is 1.25. The van der Waals surface area contributed by atoms with E-state index in [1.807, 2.05) is 41.2 Å². The van der Waals surface area contributed by atoms with Crippen LogP contribution in [0.1, 0.15) is 12.5 Å². The second-order valence-corrected chi connectivity index (χ2v) is 2.86. The van der Waals surface area contributed by atoms with Crippen LogP contribution in [0.4, 0.5) is 0 Å². The lowest BCUT2D eigenvalue weighted by molar-refractivity contribution is 0.402. The first kappa shape index (κ1) is 9.64. The molecule has 2 nitrogen and oxygen atoms in total. The molecule has 1 aromatic rings. The number of aryl methyl sites for hydroxylation is 1. The summed E-state index contributed by atoms with van der Waals surface area (Å²) in [7, 11) is 1.65. The van der Waals surface area contributed by atoms with E-state index in [9.17, 15) is 0 Å². The van der Waals surface area contributed by atoms with Crippen molar-refractivity contribution in [2.75, 3.05) is 7.11 Å². The third-order valence-electron chi connectivity index (χ3n) is 1.72. The molecule has 12 heavy (non-hydrogen) atoms. The molecule has 0 aliphatic heterocycles. The van der Waals surface area contributed by atoms with Crippen LogP contribution in [0, 0.1) is 0 Å². The maximum atomic E-state index is 5.15.